The second kappa shape index (κ2) is 11.2. The Morgan fingerprint density at radius 2 is 1.91 bits per heavy atom. The summed E-state index contributed by atoms with van der Waals surface area (Å²) in [6.07, 6.45) is 0. The van der Waals surface area contributed by atoms with Gasteiger partial charge in [-0.05, 0) is 39.3 Å². The summed E-state index contributed by atoms with van der Waals surface area (Å²) in [5.74, 6) is 0.282. The van der Waals surface area contributed by atoms with E-state index in [9.17, 15) is 9.59 Å². The largest absolute Gasteiger partial charge is 0.462 e. The molecule has 7 nitrogen and oxygen atoms in total. The number of rotatable bonds is 9. The van der Waals surface area contributed by atoms with Crippen LogP contribution in [0.4, 0.5) is 5.00 Å². The summed E-state index contributed by atoms with van der Waals surface area (Å²) in [5.41, 5.74) is 3.72. The first-order valence-corrected chi connectivity index (χ1v) is 13.9. The molecule has 35 heavy (non-hydrogen) atoms. The number of anilines is 1. The van der Waals surface area contributed by atoms with Crippen LogP contribution in [-0.2, 0) is 16.1 Å². The van der Waals surface area contributed by atoms with Gasteiger partial charge in [-0.1, -0.05) is 42.1 Å². The second-order valence-electron chi connectivity index (χ2n) is 7.65. The van der Waals surface area contributed by atoms with Crippen LogP contribution in [0.25, 0.3) is 22.5 Å². The molecule has 0 spiro atoms. The Kier molecular flexibility index (Phi) is 8.04. The summed E-state index contributed by atoms with van der Waals surface area (Å²) in [4.78, 5) is 27.1. The fourth-order valence-corrected chi connectivity index (χ4v) is 6.30. The van der Waals surface area contributed by atoms with Crippen molar-refractivity contribution in [2.24, 2.45) is 0 Å². The van der Waals surface area contributed by atoms with Crippen molar-refractivity contribution in [2.75, 3.05) is 17.7 Å². The van der Waals surface area contributed by atoms with Crippen LogP contribution in [0.3, 0.4) is 0 Å². The standard InChI is InChI=1S/C25H26N4O3S3/c1-5-29-22(19-13-33-16(4)21(19)17-10-8-7-9-11-17)27-28-25(29)34-14-20(30)26-23-18(12-15(3)35-23)24(31)32-6-2/h7-13H,5-6,14H2,1-4H3,(H,26,30). The molecule has 3 aromatic heterocycles. The molecule has 0 aliphatic rings. The summed E-state index contributed by atoms with van der Waals surface area (Å²) in [6, 6.07) is 12.0. The van der Waals surface area contributed by atoms with Crippen molar-refractivity contribution >= 4 is 51.3 Å². The molecule has 182 valence electrons. The van der Waals surface area contributed by atoms with Gasteiger partial charge in [0.15, 0.2) is 11.0 Å². The molecule has 0 aliphatic carbocycles. The number of carbonyl (C=O) groups excluding carboxylic acids is 2. The molecule has 0 saturated heterocycles. The molecule has 4 rings (SSSR count). The number of carbonyl (C=O) groups is 2. The quantitative estimate of drug-likeness (QED) is 0.204. The van der Waals surface area contributed by atoms with Crippen LogP contribution in [-0.4, -0.2) is 39.0 Å². The summed E-state index contributed by atoms with van der Waals surface area (Å²) in [6.45, 7) is 8.75. The predicted octanol–water partition coefficient (Wildman–Crippen LogP) is 6.28. The number of thioether (sulfide) groups is 1. The molecule has 0 saturated carbocycles. The van der Waals surface area contributed by atoms with Crippen LogP contribution in [0.15, 0.2) is 46.9 Å². The third-order valence-electron chi connectivity index (χ3n) is 5.25. The van der Waals surface area contributed by atoms with Gasteiger partial charge in [0.1, 0.15) is 5.00 Å². The van der Waals surface area contributed by atoms with Crippen LogP contribution >= 0.6 is 34.4 Å². The average Bonchev–Trinajstić information content (AvgIpc) is 3.54. The number of amides is 1. The smallest absolute Gasteiger partial charge is 0.341 e. The lowest BCUT2D eigenvalue weighted by Crippen LogP contribution is -2.16. The lowest BCUT2D eigenvalue weighted by Gasteiger charge is -2.09. The Hall–Kier alpha value is -2.95. The zero-order valence-corrected chi connectivity index (χ0v) is 22.4. The van der Waals surface area contributed by atoms with E-state index in [1.807, 2.05) is 36.6 Å². The summed E-state index contributed by atoms with van der Waals surface area (Å²) >= 11 is 4.37. The van der Waals surface area contributed by atoms with Crippen molar-refractivity contribution in [1.82, 2.24) is 14.8 Å². The lowest BCUT2D eigenvalue weighted by atomic mass is 10.0. The first-order chi connectivity index (χ1) is 16.9. The van der Waals surface area contributed by atoms with E-state index >= 15 is 0 Å². The molecular weight excluding hydrogens is 501 g/mol. The van der Waals surface area contributed by atoms with E-state index in [4.69, 9.17) is 4.74 Å². The number of hydrogen-bond donors (Lipinski definition) is 1. The van der Waals surface area contributed by atoms with E-state index in [2.05, 4.69) is 40.0 Å². The highest BCUT2D eigenvalue weighted by atomic mass is 32.2. The molecule has 1 N–H and O–H groups in total. The zero-order chi connectivity index (χ0) is 24.9. The molecule has 0 unspecified atom stereocenters. The molecule has 0 bridgehead atoms. The van der Waals surface area contributed by atoms with Crippen molar-refractivity contribution in [3.8, 4) is 22.5 Å². The number of esters is 1. The van der Waals surface area contributed by atoms with E-state index in [0.29, 0.717) is 22.3 Å². The van der Waals surface area contributed by atoms with Crippen molar-refractivity contribution < 1.29 is 14.3 Å². The van der Waals surface area contributed by atoms with Gasteiger partial charge in [0.25, 0.3) is 0 Å². The van der Waals surface area contributed by atoms with Gasteiger partial charge in [0.05, 0.1) is 17.9 Å². The van der Waals surface area contributed by atoms with E-state index in [-0.39, 0.29) is 18.3 Å². The Balaban J connectivity index is 1.51. The number of nitrogens with one attached hydrogen (secondary N) is 1. The molecular formula is C25H26N4O3S3. The van der Waals surface area contributed by atoms with Gasteiger partial charge in [0, 0.05) is 32.8 Å². The summed E-state index contributed by atoms with van der Waals surface area (Å²) in [7, 11) is 0. The number of hydrogen-bond acceptors (Lipinski definition) is 8. The summed E-state index contributed by atoms with van der Waals surface area (Å²) in [5, 5.41) is 15.0. The van der Waals surface area contributed by atoms with E-state index < -0.39 is 5.97 Å². The van der Waals surface area contributed by atoms with Crippen molar-refractivity contribution in [2.45, 2.75) is 39.4 Å². The zero-order valence-electron chi connectivity index (χ0n) is 20.0. The minimum absolute atomic E-state index is 0.144. The first kappa shape index (κ1) is 25.2. The number of thiophene rings is 2. The normalized spacial score (nSPS) is 11.0. The van der Waals surface area contributed by atoms with Gasteiger partial charge in [-0.3, -0.25) is 4.79 Å². The molecule has 1 amide bonds. The van der Waals surface area contributed by atoms with Crippen molar-refractivity contribution in [3.05, 3.63) is 57.1 Å². The Morgan fingerprint density at radius 1 is 1.14 bits per heavy atom. The van der Waals surface area contributed by atoms with Crippen LogP contribution in [0.5, 0.6) is 0 Å². The van der Waals surface area contributed by atoms with Crippen molar-refractivity contribution in [3.63, 3.8) is 0 Å². The van der Waals surface area contributed by atoms with Crippen LogP contribution in [0, 0.1) is 13.8 Å². The highest BCUT2D eigenvalue weighted by Crippen LogP contribution is 2.39. The van der Waals surface area contributed by atoms with Gasteiger partial charge in [0.2, 0.25) is 5.91 Å². The highest BCUT2D eigenvalue weighted by molar-refractivity contribution is 7.99. The third kappa shape index (κ3) is 5.50. The molecule has 10 heteroatoms. The lowest BCUT2D eigenvalue weighted by molar-refractivity contribution is -0.113. The minimum Gasteiger partial charge on any atom is -0.462 e. The molecule has 3 heterocycles. The van der Waals surface area contributed by atoms with Gasteiger partial charge < -0.3 is 14.6 Å². The minimum atomic E-state index is -0.435. The Labute approximate surface area is 216 Å². The van der Waals surface area contributed by atoms with Gasteiger partial charge in [-0.2, -0.15) is 0 Å². The molecule has 0 fully saturated rings. The first-order valence-electron chi connectivity index (χ1n) is 11.2. The highest BCUT2D eigenvalue weighted by Gasteiger charge is 2.21. The van der Waals surface area contributed by atoms with Crippen LogP contribution < -0.4 is 5.32 Å². The molecule has 1 aromatic carbocycles. The second-order valence-corrected chi connectivity index (χ2v) is 10.9. The summed E-state index contributed by atoms with van der Waals surface area (Å²) < 4.78 is 7.13. The van der Waals surface area contributed by atoms with E-state index in [1.54, 1.807) is 24.3 Å². The Bertz CT molecular complexity index is 1340. The van der Waals surface area contributed by atoms with Gasteiger partial charge in [-0.15, -0.1) is 32.9 Å². The number of aryl methyl sites for hydroxylation is 2. The number of benzene rings is 1. The maximum Gasteiger partial charge on any atom is 0.341 e. The fraction of sp³-hybridized carbons (Fsp3) is 0.280. The molecule has 0 aliphatic heterocycles. The Morgan fingerprint density at radius 3 is 2.63 bits per heavy atom. The van der Waals surface area contributed by atoms with Crippen LogP contribution in [0.1, 0.15) is 34.0 Å². The SMILES string of the molecule is CCOC(=O)c1cc(C)sc1NC(=O)CSc1nnc(-c2csc(C)c2-c2ccccc2)n1CC. The maximum absolute atomic E-state index is 12.7. The monoisotopic (exact) mass is 526 g/mol. The van der Waals surface area contributed by atoms with E-state index in [0.717, 1.165) is 27.4 Å². The average molecular weight is 527 g/mol. The fourth-order valence-electron chi connectivity index (χ4n) is 3.72. The van der Waals surface area contributed by atoms with E-state index in [1.165, 1.54) is 28.0 Å². The number of nitrogens with zero attached hydrogens (tertiary/aromatic N) is 3. The van der Waals surface area contributed by atoms with Crippen molar-refractivity contribution in [1.29, 1.82) is 0 Å². The third-order valence-corrected chi connectivity index (χ3v) is 8.09. The van der Waals surface area contributed by atoms with Crippen LogP contribution in [0.2, 0.25) is 0 Å². The van der Waals surface area contributed by atoms with Gasteiger partial charge in [-0.25, -0.2) is 4.79 Å². The topological polar surface area (TPSA) is 86.1 Å². The molecule has 0 radical (unpaired) electrons. The molecule has 0 atom stereocenters. The van der Waals surface area contributed by atoms with Gasteiger partial charge >= 0.3 is 5.97 Å². The number of aromatic nitrogens is 3. The number of ether oxygens (including phenoxy) is 1. The maximum atomic E-state index is 12.7. The molecule has 4 aromatic rings. The predicted molar refractivity (Wildman–Crippen MR) is 144 cm³/mol.